The standard InChI is InChI=1S/C21H13Cl3F3N5O3.C7H8O3S/c22-12-5-16(34-10-1-2-17(33)28-6-10)13(23)4-11(12)18-30-20(35-31-18)15-8-32-7-9(21(25,26)27)3-14(24)19(32)29-15;1-6-2-4-7(5-3-6)11(8,9)10/h3-5,7-8,10H,1-2,6H2,(H,28,33);2-5H,1H3,(H,8,9,10)/t10-;/m1./s1. The number of rotatable bonds is 5. The van der Waals surface area contributed by atoms with Gasteiger partial charge in [0.15, 0.2) is 5.65 Å². The molecule has 1 fully saturated rings. The van der Waals surface area contributed by atoms with Gasteiger partial charge in [0.05, 0.1) is 32.1 Å². The second kappa shape index (κ2) is 13.1. The molecule has 0 aliphatic carbocycles. The second-order valence-electron chi connectivity index (χ2n) is 9.99. The molecule has 1 aliphatic heterocycles. The van der Waals surface area contributed by atoms with Crippen LogP contribution < -0.4 is 10.1 Å². The third-order valence-electron chi connectivity index (χ3n) is 6.57. The molecule has 3 aromatic heterocycles. The van der Waals surface area contributed by atoms with E-state index in [1.165, 1.54) is 30.5 Å². The van der Waals surface area contributed by atoms with Crippen LogP contribution in [0.5, 0.6) is 5.75 Å². The fourth-order valence-electron chi connectivity index (χ4n) is 4.24. The van der Waals surface area contributed by atoms with Gasteiger partial charge < -0.3 is 19.0 Å². The molecule has 1 aliphatic rings. The monoisotopic (exact) mass is 717 g/mol. The Hall–Kier alpha value is -3.89. The molecular formula is C28H21Cl3F3N5O6S. The van der Waals surface area contributed by atoms with Crippen molar-refractivity contribution in [3.63, 3.8) is 0 Å². The number of carbonyl (C=O) groups excluding carboxylic acids is 1. The molecule has 0 bridgehead atoms. The maximum absolute atomic E-state index is 13.1. The van der Waals surface area contributed by atoms with Crippen LogP contribution >= 0.6 is 34.8 Å². The van der Waals surface area contributed by atoms with Crippen molar-refractivity contribution in [2.75, 3.05) is 6.54 Å². The highest BCUT2D eigenvalue weighted by Gasteiger charge is 2.32. The summed E-state index contributed by atoms with van der Waals surface area (Å²) >= 11 is 18.8. The molecule has 11 nitrogen and oxygen atoms in total. The van der Waals surface area contributed by atoms with E-state index in [2.05, 4.69) is 20.4 Å². The Balaban J connectivity index is 0.000000322. The number of hydrogen-bond acceptors (Lipinski definition) is 8. The van der Waals surface area contributed by atoms with Gasteiger partial charge in [-0.15, -0.1) is 0 Å². The van der Waals surface area contributed by atoms with Gasteiger partial charge in [-0.3, -0.25) is 9.35 Å². The zero-order chi connectivity index (χ0) is 33.4. The third-order valence-corrected chi connectivity index (χ3v) is 8.33. The molecule has 0 spiro atoms. The molecule has 6 rings (SSSR count). The van der Waals surface area contributed by atoms with E-state index in [1.807, 2.05) is 6.92 Å². The fourth-order valence-corrected chi connectivity index (χ4v) is 5.43. The van der Waals surface area contributed by atoms with E-state index in [0.29, 0.717) is 30.7 Å². The van der Waals surface area contributed by atoms with E-state index < -0.39 is 21.9 Å². The number of alkyl halides is 3. The average molecular weight is 719 g/mol. The topological polar surface area (TPSA) is 149 Å². The molecule has 46 heavy (non-hydrogen) atoms. The summed E-state index contributed by atoms with van der Waals surface area (Å²) in [6.45, 7) is 2.20. The van der Waals surface area contributed by atoms with Crippen LogP contribution in [0.1, 0.15) is 24.0 Å². The highest BCUT2D eigenvalue weighted by atomic mass is 35.5. The summed E-state index contributed by atoms with van der Waals surface area (Å²) in [5, 5.41) is 6.89. The van der Waals surface area contributed by atoms with Crippen LogP contribution in [0.3, 0.4) is 0 Å². The summed E-state index contributed by atoms with van der Waals surface area (Å²) in [5.41, 5.74) is 0.585. The maximum Gasteiger partial charge on any atom is 0.417 e. The Morgan fingerprint density at radius 3 is 2.39 bits per heavy atom. The van der Waals surface area contributed by atoms with Crippen molar-refractivity contribution in [2.45, 2.75) is 36.9 Å². The molecule has 2 N–H and O–H groups in total. The van der Waals surface area contributed by atoms with Gasteiger partial charge in [0, 0.05) is 30.4 Å². The molecule has 18 heteroatoms. The van der Waals surface area contributed by atoms with Gasteiger partial charge in [0.25, 0.3) is 16.0 Å². The number of imidazole rings is 1. The van der Waals surface area contributed by atoms with Crippen LogP contribution in [0.15, 0.2) is 64.3 Å². The van der Waals surface area contributed by atoms with Crippen molar-refractivity contribution in [1.82, 2.24) is 24.8 Å². The fraction of sp³-hybridized carbons (Fsp3) is 0.214. The largest absolute Gasteiger partial charge is 0.487 e. The molecule has 2 aromatic carbocycles. The van der Waals surface area contributed by atoms with Gasteiger partial charge >= 0.3 is 6.18 Å². The van der Waals surface area contributed by atoms with Gasteiger partial charge in [0.1, 0.15) is 17.5 Å². The first kappa shape index (κ1) is 33.5. The highest BCUT2D eigenvalue weighted by Crippen LogP contribution is 2.38. The number of amides is 1. The number of benzene rings is 2. The van der Waals surface area contributed by atoms with Crippen LogP contribution in [0.4, 0.5) is 13.2 Å². The van der Waals surface area contributed by atoms with Gasteiger partial charge in [0.2, 0.25) is 11.7 Å². The predicted octanol–water partition coefficient (Wildman–Crippen LogP) is 6.93. The number of pyridine rings is 1. The molecule has 1 atom stereocenters. The summed E-state index contributed by atoms with van der Waals surface area (Å²) in [5.74, 6) is 0.327. The first-order valence-corrected chi connectivity index (χ1v) is 15.7. The van der Waals surface area contributed by atoms with E-state index in [9.17, 15) is 26.4 Å². The predicted molar refractivity (Wildman–Crippen MR) is 162 cm³/mol. The van der Waals surface area contributed by atoms with E-state index >= 15 is 0 Å². The second-order valence-corrected chi connectivity index (χ2v) is 12.6. The molecule has 0 saturated carbocycles. The first-order chi connectivity index (χ1) is 21.6. The number of carbonyl (C=O) groups is 1. The number of aromatic nitrogens is 4. The van der Waals surface area contributed by atoms with Gasteiger partial charge in [-0.05, 0) is 37.6 Å². The third kappa shape index (κ3) is 7.73. The van der Waals surface area contributed by atoms with Crippen LogP contribution in [-0.4, -0.2) is 51.1 Å². The minimum Gasteiger partial charge on any atom is -0.487 e. The zero-order valence-electron chi connectivity index (χ0n) is 23.3. The number of halogens is 6. The Morgan fingerprint density at radius 1 is 1.04 bits per heavy atom. The van der Waals surface area contributed by atoms with Crippen LogP contribution in [0.2, 0.25) is 15.1 Å². The lowest BCUT2D eigenvalue weighted by Crippen LogP contribution is -2.40. The Bertz CT molecular complexity index is 2030. The van der Waals surface area contributed by atoms with Crippen molar-refractivity contribution in [3.05, 3.63) is 81.1 Å². The molecule has 5 aromatic rings. The highest BCUT2D eigenvalue weighted by molar-refractivity contribution is 7.85. The van der Waals surface area contributed by atoms with Crippen molar-refractivity contribution in [3.8, 4) is 28.7 Å². The molecule has 1 saturated heterocycles. The molecule has 4 heterocycles. The average Bonchev–Trinajstić information content (AvgIpc) is 3.64. The van der Waals surface area contributed by atoms with Crippen molar-refractivity contribution in [2.24, 2.45) is 0 Å². The first-order valence-electron chi connectivity index (χ1n) is 13.1. The number of aryl methyl sites for hydroxylation is 1. The van der Waals surface area contributed by atoms with E-state index in [4.69, 9.17) is 48.6 Å². The lowest BCUT2D eigenvalue weighted by molar-refractivity contribution is -0.137. The number of nitrogens with zero attached hydrogens (tertiary/aromatic N) is 4. The Morgan fingerprint density at radius 2 is 1.76 bits per heavy atom. The SMILES string of the molecule is Cc1ccc(S(=O)(=O)O)cc1.O=C1CC[C@@H](Oc2cc(Cl)c(-c3noc(-c4cn5cc(C(F)(F)F)cc(Cl)c5n4)n3)cc2Cl)CN1. The molecular weight excluding hydrogens is 698 g/mol. The summed E-state index contributed by atoms with van der Waals surface area (Å²) < 4.78 is 81.0. The summed E-state index contributed by atoms with van der Waals surface area (Å²) in [6.07, 6.45) is -1.76. The van der Waals surface area contributed by atoms with Gasteiger partial charge in [-0.2, -0.15) is 26.6 Å². The normalized spacial score (nSPS) is 15.3. The van der Waals surface area contributed by atoms with Gasteiger partial charge in [-0.1, -0.05) is 57.7 Å². The quantitative estimate of drug-likeness (QED) is 0.185. The minimum atomic E-state index is -4.57. The molecule has 0 radical (unpaired) electrons. The van der Waals surface area contributed by atoms with Crippen molar-refractivity contribution in [1.29, 1.82) is 0 Å². The summed E-state index contributed by atoms with van der Waals surface area (Å²) in [7, 11) is -4.02. The number of ether oxygens (including phenoxy) is 1. The van der Waals surface area contributed by atoms with E-state index in [1.54, 1.807) is 12.1 Å². The van der Waals surface area contributed by atoms with E-state index in [0.717, 1.165) is 22.2 Å². The zero-order valence-corrected chi connectivity index (χ0v) is 26.4. The smallest absolute Gasteiger partial charge is 0.417 e. The summed E-state index contributed by atoms with van der Waals surface area (Å²) in [4.78, 5) is 19.7. The number of hydrogen-bond donors (Lipinski definition) is 2. The van der Waals surface area contributed by atoms with Crippen molar-refractivity contribution >= 4 is 56.5 Å². The number of nitrogens with one attached hydrogen (secondary N) is 1. The Kier molecular flexibility index (Phi) is 9.52. The van der Waals surface area contributed by atoms with Gasteiger partial charge in [-0.25, -0.2) is 4.98 Å². The molecule has 1 amide bonds. The molecule has 242 valence electrons. The van der Waals surface area contributed by atoms with Crippen LogP contribution in [0.25, 0.3) is 28.6 Å². The van der Waals surface area contributed by atoms with Crippen molar-refractivity contribution < 1.29 is 40.2 Å². The molecule has 0 unspecified atom stereocenters. The summed E-state index contributed by atoms with van der Waals surface area (Å²) in [6, 6.07) is 9.79. The minimum absolute atomic E-state index is 0.0362. The Labute approximate surface area is 274 Å². The maximum atomic E-state index is 13.1. The number of piperidine rings is 1. The van der Waals surface area contributed by atoms with Crippen LogP contribution in [0, 0.1) is 6.92 Å². The number of fused-ring (bicyclic) bond motifs is 1. The van der Waals surface area contributed by atoms with Crippen LogP contribution in [-0.2, 0) is 21.1 Å². The van der Waals surface area contributed by atoms with E-state index in [-0.39, 0.29) is 55.0 Å². The lowest BCUT2D eigenvalue weighted by atomic mass is 10.1. The lowest BCUT2D eigenvalue weighted by Gasteiger charge is -2.24.